The van der Waals surface area contributed by atoms with Gasteiger partial charge >= 0.3 is 29.1 Å². The lowest BCUT2D eigenvalue weighted by Crippen LogP contribution is -2.57. The molecule has 2 atom stereocenters. The van der Waals surface area contributed by atoms with Crippen LogP contribution in [0.5, 0.6) is 0 Å². The molecule has 0 saturated heterocycles. The standard InChI is InChI=1S/C20H42O7Si4/c1-13-19(21)23-17(3)15-28(5,6)25-30(9,10)27-31(11,12)26-29(7,8)16-18(4)24-20(22)14-2/h13-14,17-18H,1-2,15-16H2,3-12H3. The predicted molar refractivity (Wildman–Crippen MR) is 134 cm³/mol. The summed E-state index contributed by atoms with van der Waals surface area (Å²) in [6, 6.07) is 1.34. The summed E-state index contributed by atoms with van der Waals surface area (Å²) in [6.45, 7) is 27.1. The second-order valence-electron chi connectivity index (χ2n) is 9.94. The quantitative estimate of drug-likeness (QED) is 0.184. The van der Waals surface area contributed by atoms with Crippen molar-refractivity contribution < 1.29 is 31.4 Å². The van der Waals surface area contributed by atoms with Crippen LogP contribution in [0.3, 0.4) is 0 Å². The molecule has 0 saturated carbocycles. The van der Waals surface area contributed by atoms with Crippen molar-refractivity contribution in [2.45, 2.75) is 90.5 Å². The van der Waals surface area contributed by atoms with Crippen LogP contribution in [0.25, 0.3) is 0 Å². The van der Waals surface area contributed by atoms with Crippen LogP contribution < -0.4 is 0 Å². The van der Waals surface area contributed by atoms with Crippen LogP contribution in [-0.2, 0) is 31.4 Å². The van der Waals surface area contributed by atoms with Crippen molar-refractivity contribution in [3.8, 4) is 0 Å². The van der Waals surface area contributed by atoms with Gasteiger partial charge in [-0.25, -0.2) is 9.59 Å². The molecule has 0 fully saturated rings. The highest BCUT2D eigenvalue weighted by Gasteiger charge is 2.44. The van der Waals surface area contributed by atoms with Crippen molar-refractivity contribution in [3.63, 3.8) is 0 Å². The first-order valence-electron chi connectivity index (χ1n) is 10.6. The van der Waals surface area contributed by atoms with Crippen LogP contribution in [0.1, 0.15) is 13.8 Å². The number of hydrogen-bond acceptors (Lipinski definition) is 7. The molecular formula is C20H42O7Si4. The summed E-state index contributed by atoms with van der Waals surface area (Å²) in [6.07, 6.45) is 1.85. The van der Waals surface area contributed by atoms with Gasteiger partial charge in [0.05, 0.1) is 12.2 Å². The molecule has 0 amide bonds. The molecule has 7 nitrogen and oxygen atoms in total. The summed E-state index contributed by atoms with van der Waals surface area (Å²) in [4.78, 5) is 22.9. The average molecular weight is 507 g/mol. The third-order valence-corrected chi connectivity index (χ3v) is 19.5. The largest absolute Gasteiger partial charge is 0.460 e. The third kappa shape index (κ3) is 14.0. The topological polar surface area (TPSA) is 80.3 Å². The first kappa shape index (κ1) is 30.2. The van der Waals surface area contributed by atoms with Crippen molar-refractivity contribution >= 4 is 45.7 Å². The Labute approximate surface area is 192 Å². The van der Waals surface area contributed by atoms with Crippen LogP contribution in [-0.4, -0.2) is 57.9 Å². The highest BCUT2D eigenvalue weighted by molar-refractivity contribution is 6.89. The van der Waals surface area contributed by atoms with E-state index in [2.05, 4.69) is 39.3 Å². The van der Waals surface area contributed by atoms with Crippen LogP contribution in [0.15, 0.2) is 25.3 Å². The number of ether oxygens (including phenoxy) is 2. The van der Waals surface area contributed by atoms with E-state index in [4.69, 9.17) is 21.8 Å². The zero-order valence-corrected chi connectivity index (χ0v) is 25.0. The molecule has 0 aliphatic rings. The number of carbonyl (C=O) groups excluding carboxylic acids is 2. The molecule has 0 N–H and O–H groups in total. The molecule has 0 bridgehead atoms. The van der Waals surface area contributed by atoms with Crippen molar-refractivity contribution in [2.75, 3.05) is 0 Å². The third-order valence-electron chi connectivity index (χ3n) is 4.06. The number of rotatable bonds is 14. The molecular weight excluding hydrogens is 465 g/mol. The van der Waals surface area contributed by atoms with Gasteiger partial charge in [0.15, 0.2) is 16.6 Å². The molecule has 0 aromatic carbocycles. The zero-order valence-electron chi connectivity index (χ0n) is 21.0. The molecule has 0 spiro atoms. The van der Waals surface area contributed by atoms with Crippen LogP contribution in [0.4, 0.5) is 0 Å². The Kier molecular flexibility index (Phi) is 11.5. The highest BCUT2D eigenvalue weighted by atomic mass is 28.5. The van der Waals surface area contributed by atoms with Gasteiger partial charge in [0.25, 0.3) is 0 Å². The average Bonchev–Trinajstić information content (AvgIpc) is 2.48. The molecule has 0 aromatic rings. The lowest BCUT2D eigenvalue weighted by molar-refractivity contribution is -0.142. The number of carbonyl (C=O) groups is 2. The Bertz CT molecular complexity index is 593. The van der Waals surface area contributed by atoms with Crippen molar-refractivity contribution in [3.05, 3.63) is 25.3 Å². The summed E-state index contributed by atoms with van der Waals surface area (Å²) in [5.41, 5.74) is 0. The van der Waals surface area contributed by atoms with E-state index in [0.29, 0.717) is 12.1 Å². The van der Waals surface area contributed by atoms with Crippen molar-refractivity contribution in [2.24, 2.45) is 0 Å². The number of hydrogen-bond donors (Lipinski definition) is 0. The molecule has 11 heteroatoms. The lowest BCUT2D eigenvalue weighted by atomic mass is 10.5. The first-order valence-corrected chi connectivity index (χ1v) is 22.4. The minimum Gasteiger partial charge on any atom is -0.460 e. The number of esters is 2. The lowest BCUT2D eigenvalue weighted by Gasteiger charge is -2.41. The maximum absolute atomic E-state index is 11.4. The maximum Gasteiger partial charge on any atom is 0.330 e. The summed E-state index contributed by atoms with van der Waals surface area (Å²) in [5, 5.41) is 0. The maximum atomic E-state index is 11.4. The fourth-order valence-corrected chi connectivity index (χ4v) is 24.1. The van der Waals surface area contributed by atoms with Gasteiger partial charge < -0.3 is 21.8 Å². The second-order valence-corrected chi connectivity index (χ2v) is 25.8. The fourth-order valence-electron chi connectivity index (χ4n) is 4.01. The monoisotopic (exact) mass is 506 g/mol. The predicted octanol–water partition coefficient (Wildman–Crippen LogP) is 5.09. The van der Waals surface area contributed by atoms with Crippen molar-refractivity contribution in [1.82, 2.24) is 0 Å². The van der Waals surface area contributed by atoms with E-state index in [1.54, 1.807) is 0 Å². The highest BCUT2D eigenvalue weighted by Crippen LogP contribution is 2.28. The van der Waals surface area contributed by atoms with Gasteiger partial charge in [0.2, 0.25) is 0 Å². The molecule has 0 rings (SSSR count). The van der Waals surface area contributed by atoms with Crippen molar-refractivity contribution in [1.29, 1.82) is 0 Å². The molecule has 0 aliphatic carbocycles. The van der Waals surface area contributed by atoms with Gasteiger partial charge in [-0.05, 0) is 66.2 Å². The smallest absolute Gasteiger partial charge is 0.330 e. The van der Waals surface area contributed by atoms with E-state index >= 15 is 0 Å². The Morgan fingerprint density at radius 3 is 1.23 bits per heavy atom. The Balaban J connectivity index is 5.00. The Hall–Kier alpha value is -0.832. The molecule has 31 heavy (non-hydrogen) atoms. The van der Waals surface area contributed by atoms with Gasteiger partial charge in [0.1, 0.15) is 0 Å². The summed E-state index contributed by atoms with van der Waals surface area (Å²) >= 11 is 0. The molecule has 2 unspecified atom stereocenters. The van der Waals surface area contributed by atoms with E-state index in [1.165, 1.54) is 12.2 Å². The van der Waals surface area contributed by atoms with E-state index in [1.807, 2.05) is 40.0 Å². The second kappa shape index (κ2) is 11.9. The summed E-state index contributed by atoms with van der Waals surface area (Å²) in [7, 11) is -9.30. The van der Waals surface area contributed by atoms with E-state index in [-0.39, 0.29) is 12.2 Å². The van der Waals surface area contributed by atoms with E-state index in [9.17, 15) is 9.59 Å². The van der Waals surface area contributed by atoms with Gasteiger partial charge in [-0.2, -0.15) is 0 Å². The molecule has 180 valence electrons. The Morgan fingerprint density at radius 1 is 0.677 bits per heavy atom. The SMILES string of the molecule is C=CC(=O)OC(C)C[Si](C)(C)O[Si](C)(C)O[Si](C)(C)O[Si](C)(C)CC(C)OC(=O)C=C. The van der Waals surface area contributed by atoms with Crippen LogP contribution in [0, 0.1) is 0 Å². The Morgan fingerprint density at radius 2 is 0.968 bits per heavy atom. The minimum atomic E-state index is -2.50. The van der Waals surface area contributed by atoms with E-state index < -0.39 is 45.7 Å². The zero-order chi connectivity index (χ0) is 24.7. The van der Waals surface area contributed by atoms with E-state index in [0.717, 1.165) is 0 Å². The fraction of sp³-hybridized carbons (Fsp3) is 0.700. The van der Waals surface area contributed by atoms with Crippen LogP contribution in [0.2, 0.25) is 64.5 Å². The molecule has 0 heterocycles. The summed E-state index contributed by atoms with van der Waals surface area (Å²) < 4.78 is 30.2. The normalized spacial score (nSPS) is 15.0. The van der Waals surface area contributed by atoms with Gasteiger partial charge in [-0.15, -0.1) is 0 Å². The molecule has 0 aromatic heterocycles. The van der Waals surface area contributed by atoms with Gasteiger partial charge in [0, 0.05) is 24.2 Å². The summed E-state index contributed by atoms with van der Waals surface area (Å²) in [5.74, 6) is -0.848. The molecule has 0 radical (unpaired) electrons. The van der Waals surface area contributed by atoms with Gasteiger partial charge in [-0.3, -0.25) is 0 Å². The first-order chi connectivity index (χ1) is 13.8. The minimum absolute atomic E-state index is 0.246. The van der Waals surface area contributed by atoms with Gasteiger partial charge in [-0.1, -0.05) is 13.2 Å². The molecule has 0 aliphatic heterocycles. The van der Waals surface area contributed by atoms with Crippen LogP contribution >= 0.6 is 0 Å².